The number of nitrogens with one attached hydrogen (secondary N) is 1. The van der Waals surface area contributed by atoms with E-state index in [2.05, 4.69) is 19.2 Å². The molecule has 13 heavy (non-hydrogen) atoms. The molecule has 2 atom stereocenters. The van der Waals surface area contributed by atoms with E-state index in [1.165, 1.54) is 0 Å². The second-order valence-electron chi connectivity index (χ2n) is 4.12. The van der Waals surface area contributed by atoms with E-state index < -0.39 is 5.79 Å². The maximum atomic E-state index is 13.2. The first-order valence-corrected chi connectivity index (χ1v) is 5.45. The fourth-order valence-corrected chi connectivity index (χ4v) is 1.56. The smallest absolute Gasteiger partial charge is 0.158 e. The molecular weight excluding hydrogens is 165 g/mol. The largest absolute Gasteiger partial charge is 0.285 e. The topological polar surface area (TPSA) is 12.0 Å². The molecule has 2 heteroatoms. The van der Waals surface area contributed by atoms with Crippen LogP contribution < -0.4 is 5.32 Å². The maximum Gasteiger partial charge on any atom is 0.158 e. The van der Waals surface area contributed by atoms with Crippen molar-refractivity contribution in [3.8, 4) is 0 Å². The van der Waals surface area contributed by atoms with E-state index in [4.69, 9.17) is 0 Å². The van der Waals surface area contributed by atoms with Crippen LogP contribution in [0.3, 0.4) is 0 Å². The molecule has 1 rings (SSSR count). The highest BCUT2D eigenvalue weighted by Gasteiger charge is 2.30. The molecule has 0 aromatic rings. The van der Waals surface area contributed by atoms with Crippen LogP contribution in [0.1, 0.15) is 47.5 Å². The lowest BCUT2D eigenvalue weighted by atomic mass is 9.86. The fraction of sp³-hybridized carbons (Fsp3) is 1.00. The van der Waals surface area contributed by atoms with Crippen molar-refractivity contribution in [1.29, 1.82) is 0 Å². The second kappa shape index (κ2) is 5.58. The third-order valence-corrected chi connectivity index (χ3v) is 2.66. The van der Waals surface area contributed by atoms with Crippen LogP contribution in [0.2, 0.25) is 0 Å². The van der Waals surface area contributed by atoms with Crippen molar-refractivity contribution < 1.29 is 4.39 Å². The third kappa shape index (κ3) is 4.61. The van der Waals surface area contributed by atoms with Crippen LogP contribution in [-0.2, 0) is 0 Å². The summed E-state index contributed by atoms with van der Waals surface area (Å²) in [6.45, 7) is 10.9. The van der Waals surface area contributed by atoms with Crippen molar-refractivity contribution in [3.05, 3.63) is 0 Å². The van der Waals surface area contributed by atoms with Gasteiger partial charge in [-0.15, -0.1) is 0 Å². The molecular formula is C11H24FN. The van der Waals surface area contributed by atoms with Crippen LogP contribution in [0.15, 0.2) is 0 Å². The maximum absolute atomic E-state index is 13.2. The number of hydrogen-bond acceptors (Lipinski definition) is 1. The summed E-state index contributed by atoms with van der Waals surface area (Å²) in [6.07, 6.45) is 1.69. The number of alkyl halides is 1. The van der Waals surface area contributed by atoms with E-state index in [9.17, 15) is 4.39 Å². The van der Waals surface area contributed by atoms with Crippen LogP contribution in [-0.4, -0.2) is 12.3 Å². The summed E-state index contributed by atoms with van der Waals surface area (Å²) < 4.78 is 13.2. The van der Waals surface area contributed by atoms with Gasteiger partial charge in [-0.25, -0.2) is 4.39 Å². The molecule has 0 spiro atoms. The zero-order valence-electron chi connectivity index (χ0n) is 9.65. The summed E-state index contributed by atoms with van der Waals surface area (Å²) in [5.41, 5.74) is 0. The van der Waals surface area contributed by atoms with Crippen LogP contribution in [0.25, 0.3) is 0 Å². The Morgan fingerprint density at radius 1 is 1.38 bits per heavy atom. The minimum atomic E-state index is -1.11. The molecule has 1 aliphatic rings. The van der Waals surface area contributed by atoms with Gasteiger partial charge in [0.05, 0.1) is 0 Å². The predicted octanol–water partition coefficient (Wildman–Crippen LogP) is 3.35. The quantitative estimate of drug-likeness (QED) is 0.624. The molecule has 0 aromatic heterocycles. The summed E-state index contributed by atoms with van der Waals surface area (Å²) in [7, 11) is 0. The Bertz CT molecular complexity index is 122. The van der Waals surface area contributed by atoms with Gasteiger partial charge in [0.2, 0.25) is 0 Å². The van der Waals surface area contributed by atoms with Gasteiger partial charge in [0.15, 0.2) is 5.79 Å². The average molecular weight is 189 g/mol. The van der Waals surface area contributed by atoms with Crippen LogP contribution >= 0.6 is 0 Å². The van der Waals surface area contributed by atoms with E-state index in [-0.39, 0.29) is 0 Å². The Labute approximate surface area is 82.1 Å². The van der Waals surface area contributed by atoms with Gasteiger partial charge in [0.1, 0.15) is 0 Å². The minimum absolute atomic E-state index is 0.663. The molecule has 1 aliphatic heterocycles. The average Bonchev–Trinajstić information content (AvgIpc) is 2.07. The van der Waals surface area contributed by atoms with Gasteiger partial charge in [0, 0.05) is 6.54 Å². The van der Waals surface area contributed by atoms with Crippen molar-refractivity contribution in [2.45, 2.75) is 53.3 Å². The second-order valence-corrected chi connectivity index (χ2v) is 4.12. The van der Waals surface area contributed by atoms with Crippen LogP contribution in [0, 0.1) is 11.8 Å². The molecule has 0 radical (unpaired) electrons. The van der Waals surface area contributed by atoms with Gasteiger partial charge in [0.25, 0.3) is 0 Å². The van der Waals surface area contributed by atoms with E-state index >= 15 is 0 Å². The molecule has 1 saturated heterocycles. The number of halogens is 1. The van der Waals surface area contributed by atoms with Gasteiger partial charge < -0.3 is 0 Å². The molecule has 1 fully saturated rings. The molecule has 1 nitrogen and oxygen atoms in total. The standard InChI is InChI=1S/C9H18FN.C2H6/c1-7(2)8-4-5-9(3,10)11-6-8;1-2/h7-8,11H,4-6H2,1-3H3;1-2H3. The molecule has 1 N–H and O–H groups in total. The lowest BCUT2D eigenvalue weighted by Crippen LogP contribution is -2.46. The first-order valence-electron chi connectivity index (χ1n) is 5.45. The zero-order chi connectivity index (χ0) is 10.5. The number of piperidine rings is 1. The highest BCUT2D eigenvalue weighted by molar-refractivity contribution is 4.81. The van der Waals surface area contributed by atoms with E-state index in [1.54, 1.807) is 6.92 Å². The van der Waals surface area contributed by atoms with Crippen LogP contribution in [0.5, 0.6) is 0 Å². The van der Waals surface area contributed by atoms with Gasteiger partial charge in [-0.1, -0.05) is 27.7 Å². The summed E-state index contributed by atoms with van der Waals surface area (Å²) in [5.74, 6) is 0.239. The molecule has 0 saturated carbocycles. The molecule has 80 valence electrons. The first-order chi connectivity index (χ1) is 6.01. The molecule has 0 aromatic carbocycles. The van der Waals surface area contributed by atoms with Gasteiger partial charge in [-0.2, -0.15) is 0 Å². The van der Waals surface area contributed by atoms with E-state index in [1.807, 2.05) is 13.8 Å². The zero-order valence-corrected chi connectivity index (χ0v) is 9.65. The Hall–Kier alpha value is -0.110. The molecule has 2 unspecified atom stereocenters. The van der Waals surface area contributed by atoms with Crippen molar-refractivity contribution >= 4 is 0 Å². The Kier molecular flexibility index (Phi) is 5.54. The fourth-order valence-electron chi connectivity index (χ4n) is 1.56. The summed E-state index contributed by atoms with van der Waals surface area (Å²) in [4.78, 5) is 0. The first kappa shape index (κ1) is 12.9. The van der Waals surface area contributed by atoms with Gasteiger partial charge in [-0.3, -0.25) is 5.32 Å². The minimum Gasteiger partial charge on any atom is -0.285 e. The molecule has 1 heterocycles. The van der Waals surface area contributed by atoms with Gasteiger partial charge >= 0.3 is 0 Å². The predicted molar refractivity (Wildman–Crippen MR) is 56.4 cm³/mol. The van der Waals surface area contributed by atoms with E-state index in [0.29, 0.717) is 18.3 Å². The van der Waals surface area contributed by atoms with Crippen LogP contribution in [0.4, 0.5) is 4.39 Å². The SMILES string of the molecule is CC.CC(C)C1CCC(C)(F)NC1. The lowest BCUT2D eigenvalue weighted by molar-refractivity contribution is 0.0677. The van der Waals surface area contributed by atoms with Crippen molar-refractivity contribution in [2.24, 2.45) is 11.8 Å². The summed E-state index contributed by atoms with van der Waals surface area (Å²) in [6, 6.07) is 0. The Balaban J connectivity index is 0.000000671. The Morgan fingerprint density at radius 3 is 2.23 bits per heavy atom. The van der Waals surface area contributed by atoms with Crippen molar-refractivity contribution in [2.75, 3.05) is 6.54 Å². The number of rotatable bonds is 1. The Morgan fingerprint density at radius 2 is 1.92 bits per heavy atom. The van der Waals surface area contributed by atoms with Gasteiger partial charge in [-0.05, 0) is 31.6 Å². The van der Waals surface area contributed by atoms with Crippen molar-refractivity contribution in [3.63, 3.8) is 0 Å². The van der Waals surface area contributed by atoms with Crippen molar-refractivity contribution in [1.82, 2.24) is 5.32 Å². The highest BCUT2D eigenvalue weighted by Crippen LogP contribution is 2.27. The molecule has 0 amide bonds. The normalized spacial score (nSPS) is 33.9. The van der Waals surface area contributed by atoms with E-state index in [0.717, 1.165) is 13.0 Å². The molecule has 0 bridgehead atoms. The monoisotopic (exact) mass is 189 g/mol. The molecule has 0 aliphatic carbocycles. The lowest BCUT2D eigenvalue weighted by Gasteiger charge is -2.34. The summed E-state index contributed by atoms with van der Waals surface area (Å²) in [5, 5.41) is 2.92. The summed E-state index contributed by atoms with van der Waals surface area (Å²) >= 11 is 0. The third-order valence-electron chi connectivity index (χ3n) is 2.66. The highest BCUT2D eigenvalue weighted by atomic mass is 19.1. The number of hydrogen-bond donors (Lipinski definition) is 1.